The Bertz CT molecular complexity index is 539. The summed E-state index contributed by atoms with van der Waals surface area (Å²) in [6, 6.07) is 4.32. The molecule has 0 unspecified atom stereocenters. The van der Waals surface area contributed by atoms with Gasteiger partial charge in [0, 0.05) is 56.5 Å². The van der Waals surface area contributed by atoms with E-state index in [2.05, 4.69) is 16.3 Å². The van der Waals surface area contributed by atoms with E-state index in [1.165, 1.54) is 5.56 Å². The fourth-order valence-corrected chi connectivity index (χ4v) is 4.17. The van der Waals surface area contributed by atoms with Crippen molar-refractivity contribution in [3.8, 4) is 11.5 Å². The predicted octanol–water partition coefficient (Wildman–Crippen LogP) is 2.44. The van der Waals surface area contributed by atoms with Gasteiger partial charge in [-0.15, -0.1) is 0 Å². The smallest absolute Gasteiger partial charge is 0.231 e. The normalized spacial score (nSPS) is 23.9. The zero-order chi connectivity index (χ0) is 15.6. The van der Waals surface area contributed by atoms with E-state index in [0.717, 1.165) is 68.8 Å². The van der Waals surface area contributed by atoms with Crippen LogP contribution in [-0.4, -0.2) is 51.1 Å². The molecule has 1 aromatic carbocycles. The quantitative estimate of drug-likeness (QED) is 0.917. The van der Waals surface area contributed by atoms with Crippen LogP contribution in [0.5, 0.6) is 11.5 Å². The van der Waals surface area contributed by atoms with Crippen molar-refractivity contribution >= 4 is 11.6 Å². The molecule has 3 aliphatic rings. The Morgan fingerprint density at radius 1 is 1.09 bits per heavy atom. The van der Waals surface area contributed by atoms with Gasteiger partial charge in [-0.25, -0.2) is 0 Å². The van der Waals surface area contributed by atoms with Gasteiger partial charge in [0.1, 0.15) is 0 Å². The minimum Gasteiger partial charge on any atom is -0.454 e. The number of halogens is 1. The van der Waals surface area contributed by atoms with Crippen molar-refractivity contribution in [2.45, 2.75) is 18.9 Å². The zero-order valence-corrected chi connectivity index (χ0v) is 14.0. The van der Waals surface area contributed by atoms with E-state index in [-0.39, 0.29) is 6.79 Å². The highest BCUT2D eigenvalue weighted by Crippen LogP contribution is 2.44. The molecule has 0 aliphatic carbocycles. The highest BCUT2D eigenvalue weighted by Gasteiger charge is 2.33. The van der Waals surface area contributed by atoms with E-state index < -0.39 is 0 Å². The van der Waals surface area contributed by atoms with Crippen molar-refractivity contribution in [1.82, 2.24) is 10.2 Å². The van der Waals surface area contributed by atoms with Crippen molar-refractivity contribution < 1.29 is 14.2 Å². The van der Waals surface area contributed by atoms with E-state index in [1.807, 2.05) is 6.07 Å². The molecule has 0 spiro atoms. The number of rotatable bonds is 3. The first-order valence-corrected chi connectivity index (χ1v) is 8.82. The highest BCUT2D eigenvalue weighted by atomic mass is 35.5. The summed E-state index contributed by atoms with van der Waals surface area (Å²) in [6.45, 7) is 6.12. The van der Waals surface area contributed by atoms with Gasteiger partial charge in [0.15, 0.2) is 11.5 Å². The molecule has 23 heavy (non-hydrogen) atoms. The van der Waals surface area contributed by atoms with Crippen LogP contribution in [0.1, 0.15) is 24.4 Å². The molecule has 0 amide bonds. The Hall–Kier alpha value is -1.01. The summed E-state index contributed by atoms with van der Waals surface area (Å²) in [7, 11) is 0. The lowest BCUT2D eigenvalue weighted by Gasteiger charge is -2.41. The lowest BCUT2D eigenvalue weighted by molar-refractivity contribution is 0.0213. The Labute approximate surface area is 141 Å². The summed E-state index contributed by atoms with van der Waals surface area (Å²) in [6.07, 6.45) is 2.17. The summed E-state index contributed by atoms with van der Waals surface area (Å²) in [4.78, 5) is 2.57. The van der Waals surface area contributed by atoms with E-state index in [9.17, 15) is 0 Å². The van der Waals surface area contributed by atoms with Crippen molar-refractivity contribution in [2.75, 3.05) is 46.2 Å². The maximum Gasteiger partial charge on any atom is 0.231 e. The third-order valence-corrected chi connectivity index (χ3v) is 5.40. The van der Waals surface area contributed by atoms with Gasteiger partial charge in [-0.1, -0.05) is 11.6 Å². The molecule has 3 heterocycles. The van der Waals surface area contributed by atoms with Gasteiger partial charge in [0.2, 0.25) is 6.79 Å². The second-order valence-corrected chi connectivity index (χ2v) is 6.81. The van der Waals surface area contributed by atoms with Crippen LogP contribution >= 0.6 is 11.6 Å². The van der Waals surface area contributed by atoms with Crippen LogP contribution in [0.25, 0.3) is 0 Å². The number of nitrogens with one attached hydrogen (secondary N) is 1. The fourth-order valence-electron chi connectivity index (χ4n) is 3.90. The second-order valence-electron chi connectivity index (χ2n) is 6.41. The SMILES string of the molecule is Clc1cc2c(cc1[C@@H](C1CCOCC1)N1CCNCC1)OCO2. The molecule has 4 rings (SSSR count). The first kappa shape index (κ1) is 15.5. The molecule has 3 aliphatic heterocycles. The zero-order valence-electron chi connectivity index (χ0n) is 13.2. The summed E-state index contributed by atoms with van der Waals surface area (Å²) in [5.41, 5.74) is 1.17. The van der Waals surface area contributed by atoms with Crippen molar-refractivity contribution in [2.24, 2.45) is 5.92 Å². The van der Waals surface area contributed by atoms with E-state index in [4.69, 9.17) is 25.8 Å². The number of fused-ring (bicyclic) bond motifs is 1. The molecular weight excluding hydrogens is 316 g/mol. The van der Waals surface area contributed by atoms with Gasteiger partial charge in [0.05, 0.1) is 0 Å². The summed E-state index contributed by atoms with van der Waals surface area (Å²) in [5.74, 6) is 2.14. The summed E-state index contributed by atoms with van der Waals surface area (Å²) < 4.78 is 16.6. The maximum absolute atomic E-state index is 6.63. The third kappa shape index (κ3) is 3.15. The Kier molecular flexibility index (Phi) is 4.62. The number of ether oxygens (including phenoxy) is 3. The Balaban J connectivity index is 1.68. The van der Waals surface area contributed by atoms with Crippen LogP contribution in [0, 0.1) is 5.92 Å². The van der Waals surface area contributed by atoms with Gasteiger partial charge in [-0.2, -0.15) is 0 Å². The van der Waals surface area contributed by atoms with Crippen LogP contribution in [0.3, 0.4) is 0 Å². The molecule has 0 aromatic heterocycles. The monoisotopic (exact) mass is 338 g/mol. The molecule has 2 fully saturated rings. The first-order chi connectivity index (χ1) is 11.3. The fraction of sp³-hybridized carbons (Fsp3) is 0.647. The minimum absolute atomic E-state index is 0.282. The van der Waals surface area contributed by atoms with Gasteiger partial charge in [0.25, 0.3) is 0 Å². The lowest BCUT2D eigenvalue weighted by atomic mass is 9.85. The van der Waals surface area contributed by atoms with Gasteiger partial charge >= 0.3 is 0 Å². The van der Waals surface area contributed by atoms with Crippen LogP contribution in [0.4, 0.5) is 0 Å². The highest BCUT2D eigenvalue weighted by molar-refractivity contribution is 6.31. The average Bonchev–Trinajstić information content (AvgIpc) is 3.04. The summed E-state index contributed by atoms with van der Waals surface area (Å²) in [5, 5.41) is 4.22. The van der Waals surface area contributed by atoms with Gasteiger partial charge in [-0.05, 0) is 30.4 Å². The molecule has 5 nitrogen and oxygen atoms in total. The van der Waals surface area contributed by atoms with Crippen molar-refractivity contribution in [1.29, 1.82) is 0 Å². The topological polar surface area (TPSA) is 43.0 Å². The molecule has 1 aromatic rings. The largest absolute Gasteiger partial charge is 0.454 e. The molecular formula is C17H23ClN2O3. The van der Waals surface area contributed by atoms with Crippen molar-refractivity contribution in [3.63, 3.8) is 0 Å². The van der Waals surface area contributed by atoms with Crippen molar-refractivity contribution in [3.05, 3.63) is 22.7 Å². The second kappa shape index (κ2) is 6.85. The number of nitrogens with zero attached hydrogens (tertiary/aromatic N) is 1. The third-order valence-electron chi connectivity index (χ3n) is 5.07. The molecule has 0 saturated carbocycles. The lowest BCUT2D eigenvalue weighted by Crippen LogP contribution is -2.47. The first-order valence-electron chi connectivity index (χ1n) is 8.44. The number of piperazine rings is 1. The molecule has 0 bridgehead atoms. The van der Waals surface area contributed by atoms with Gasteiger partial charge in [-0.3, -0.25) is 4.90 Å². The molecule has 2 saturated heterocycles. The van der Waals surface area contributed by atoms with Crippen LogP contribution in [0.2, 0.25) is 5.02 Å². The summed E-state index contributed by atoms with van der Waals surface area (Å²) >= 11 is 6.63. The van der Waals surface area contributed by atoms with E-state index >= 15 is 0 Å². The average molecular weight is 339 g/mol. The minimum atomic E-state index is 0.282. The van der Waals surface area contributed by atoms with Crippen LogP contribution < -0.4 is 14.8 Å². The van der Waals surface area contributed by atoms with Crippen LogP contribution in [0.15, 0.2) is 12.1 Å². The number of benzene rings is 1. The Morgan fingerprint density at radius 3 is 2.52 bits per heavy atom. The standard InChI is InChI=1S/C17H23ClN2O3/c18-14-10-16-15(22-11-23-16)9-13(14)17(12-1-7-21-8-2-12)20-5-3-19-4-6-20/h9-10,12,17,19H,1-8,11H2/t17-/m1/s1. The molecule has 6 heteroatoms. The Morgan fingerprint density at radius 2 is 1.78 bits per heavy atom. The molecule has 0 radical (unpaired) electrons. The number of hydrogen-bond donors (Lipinski definition) is 1. The van der Waals surface area contributed by atoms with E-state index in [0.29, 0.717) is 12.0 Å². The predicted molar refractivity (Wildman–Crippen MR) is 88.3 cm³/mol. The van der Waals surface area contributed by atoms with E-state index in [1.54, 1.807) is 0 Å². The molecule has 1 N–H and O–H groups in total. The molecule has 1 atom stereocenters. The maximum atomic E-state index is 6.63. The van der Waals surface area contributed by atoms with Gasteiger partial charge < -0.3 is 19.5 Å². The molecule has 126 valence electrons. The van der Waals surface area contributed by atoms with Crippen LogP contribution in [-0.2, 0) is 4.74 Å². The number of hydrogen-bond acceptors (Lipinski definition) is 5.